The summed E-state index contributed by atoms with van der Waals surface area (Å²) in [6, 6.07) is 25.1. The molecule has 2 aromatic carbocycles. The van der Waals surface area contributed by atoms with E-state index in [1.54, 1.807) is 30.0 Å². The SMILES string of the molecule is Cn1cnc(-c2csc3cc4c5ccccc5n(-c5[c-]c6ccoc6o5)c4[c-]c23)c1.[Pt+2].c1ccncc1. The molecule has 0 bridgehead atoms. The quantitative estimate of drug-likeness (QED) is 0.178. The van der Waals surface area contributed by atoms with E-state index in [2.05, 4.69) is 56.3 Å². The van der Waals surface area contributed by atoms with E-state index in [-0.39, 0.29) is 21.1 Å². The minimum absolute atomic E-state index is 0. The van der Waals surface area contributed by atoms with Gasteiger partial charge >= 0.3 is 21.1 Å². The van der Waals surface area contributed by atoms with Crippen LogP contribution < -0.4 is 0 Å². The first-order valence-electron chi connectivity index (χ1n) is 11.4. The number of fused-ring (bicyclic) bond motifs is 5. The van der Waals surface area contributed by atoms with E-state index in [4.69, 9.17) is 8.83 Å². The second-order valence-corrected chi connectivity index (χ2v) is 9.29. The molecule has 182 valence electrons. The number of rotatable bonds is 2. The van der Waals surface area contributed by atoms with E-state index >= 15 is 0 Å². The van der Waals surface area contributed by atoms with Crippen molar-refractivity contribution in [2.75, 3.05) is 0 Å². The molecule has 0 saturated heterocycles. The summed E-state index contributed by atoms with van der Waals surface area (Å²) in [5.74, 6) is 1.07. The van der Waals surface area contributed by atoms with E-state index in [1.165, 1.54) is 4.70 Å². The van der Waals surface area contributed by atoms with E-state index < -0.39 is 0 Å². The standard InChI is InChI=1S/C24H13N3O2S.C5H5N.Pt/c1-26-11-19(25-13-26)18-12-30-22-10-16-15-4-2-3-5-20(15)27(21(16)9-17(18)22)23-8-14-6-7-28-24(14)29-23;1-2-4-6-5-3-1;/h2-7,10-13H,1H3;1-5H;/q-2;;+2. The van der Waals surface area contributed by atoms with Crippen molar-refractivity contribution in [1.82, 2.24) is 19.1 Å². The molecule has 0 unspecified atom stereocenters. The van der Waals surface area contributed by atoms with Crippen LogP contribution in [-0.2, 0) is 28.1 Å². The zero-order chi connectivity index (χ0) is 24.1. The number of imidazole rings is 1. The van der Waals surface area contributed by atoms with Gasteiger partial charge in [-0.15, -0.1) is 35.0 Å². The van der Waals surface area contributed by atoms with Gasteiger partial charge in [0.2, 0.25) is 0 Å². The third-order valence-electron chi connectivity index (χ3n) is 6.06. The van der Waals surface area contributed by atoms with Crippen LogP contribution in [0.1, 0.15) is 0 Å². The van der Waals surface area contributed by atoms with Crippen LogP contribution in [-0.4, -0.2) is 19.1 Å². The van der Waals surface area contributed by atoms with Crippen molar-refractivity contribution in [3.8, 4) is 17.1 Å². The van der Waals surface area contributed by atoms with Crippen molar-refractivity contribution in [2.24, 2.45) is 7.05 Å². The summed E-state index contributed by atoms with van der Waals surface area (Å²) in [5.41, 5.74) is 4.04. The van der Waals surface area contributed by atoms with Gasteiger partial charge in [0, 0.05) is 43.1 Å². The summed E-state index contributed by atoms with van der Waals surface area (Å²) < 4.78 is 16.6. The van der Waals surface area contributed by atoms with Crippen molar-refractivity contribution in [2.45, 2.75) is 0 Å². The molecule has 0 spiro atoms. The average molecular weight is 682 g/mol. The molecular weight excluding hydrogens is 663 g/mol. The predicted octanol–water partition coefficient (Wildman–Crippen LogP) is 7.42. The third-order valence-corrected chi connectivity index (χ3v) is 6.99. The zero-order valence-corrected chi connectivity index (χ0v) is 22.6. The number of aryl methyl sites for hydroxylation is 1. The van der Waals surface area contributed by atoms with Gasteiger partial charge < -0.3 is 18.0 Å². The second kappa shape index (κ2) is 9.50. The van der Waals surface area contributed by atoms with Crippen LogP contribution in [0.25, 0.3) is 60.2 Å². The molecule has 0 atom stereocenters. The molecule has 6 aromatic heterocycles. The number of hydrogen-bond donors (Lipinski definition) is 0. The van der Waals surface area contributed by atoms with Crippen LogP contribution in [0, 0.1) is 12.1 Å². The molecule has 0 N–H and O–H groups in total. The normalized spacial score (nSPS) is 11.2. The molecule has 0 saturated carbocycles. The second-order valence-electron chi connectivity index (χ2n) is 8.38. The largest absolute Gasteiger partial charge is 2.00 e. The number of benzene rings is 2. The van der Waals surface area contributed by atoms with Gasteiger partial charge in [0.1, 0.15) is 5.88 Å². The first-order chi connectivity index (χ1) is 17.8. The Balaban J connectivity index is 0.000000320. The average Bonchev–Trinajstić information content (AvgIpc) is 3.72. The monoisotopic (exact) mass is 681 g/mol. The molecular formula is C29H18N4O2PtS. The Morgan fingerprint density at radius 2 is 1.84 bits per heavy atom. The molecule has 37 heavy (non-hydrogen) atoms. The zero-order valence-electron chi connectivity index (χ0n) is 19.5. The van der Waals surface area contributed by atoms with Gasteiger partial charge in [-0.1, -0.05) is 45.3 Å². The molecule has 6 nitrogen and oxygen atoms in total. The Hall–Kier alpha value is -3.93. The number of pyridine rings is 1. The molecule has 0 fully saturated rings. The van der Waals surface area contributed by atoms with E-state index in [0.717, 1.165) is 43.8 Å². The molecule has 0 radical (unpaired) electrons. The van der Waals surface area contributed by atoms with Gasteiger partial charge in [-0.05, 0) is 29.1 Å². The smallest absolute Gasteiger partial charge is 0.504 e. The van der Waals surface area contributed by atoms with Crippen LogP contribution in [0.2, 0.25) is 0 Å². The summed E-state index contributed by atoms with van der Waals surface area (Å²) in [5, 5.41) is 6.32. The van der Waals surface area contributed by atoms with Crippen LogP contribution in [0.4, 0.5) is 0 Å². The summed E-state index contributed by atoms with van der Waals surface area (Å²) >= 11 is 1.72. The number of hydrogen-bond acceptors (Lipinski definition) is 5. The van der Waals surface area contributed by atoms with Gasteiger partial charge in [-0.2, -0.15) is 0 Å². The Kier molecular flexibility index (Phi) is 6.03. The van der Waals surface area contributed by atoms with Crippen molar-refractivity contribution in [3.05, 3.63) is 103 Å². The summed E-state index contributed by atoms with van der Waals surface area (Å²) in [6.45, 7) is 0. The van der Waals surface area contributed by atoms with Crippen molar-refractivity contribution < 1.29 is 29.9 Å². The van der Waals surface area contributed by atoms with Gasteiger partial charge in [-0.3, -0.25) is 4.98 Å². The molecule has 8 rings (SSSR count). The predicted molar refractivity (Wildman–Crippen MR) is 142 cm³/mol. The number of para-hydroxylation sites is 1. The van der Waals surface area contributed by atoms with E-state index in [0.29, 0.717) is 11.7 Å². The maximum atomic E-state index is 5.99. The third kappa shape index (κ3) is 4.01. The summed E-state index contributed by atoms with van der Waals surface area (Å²) in [7, 11) is 1.98. The van der Waals surface area contributed by atoms with E-state index in [1.807, 2.05) is 54.5 Å². The summed E-state index contributed by atoms with van der Waals surface area (Å²) in [6.07, 6.45) is 8.96. The van der Waals surface area contributed by atoms with Crippen molar-refractivity contribution >= 4 is 54.4 Å². The molecule has 8 aromatic rings. The minimum Gasteiger partial charge on any atom is -0.504 e. The fourth-order valence-electron chi connectivity index (χ4n) is 4.45. The van der Waals surface area contributed by atoms with Gasteiger partial charge in [-0.25, -0.2) is 16.3 Å². The van der Waals surface area contributed by atoms with Gasteiger partial charge in [0.25, 0.3) is 0 Å². The Morgan fingerprint density at radius 1 is 0.973 bits per heavy atom. The van der Waals surface area contributed by atoms with Crippen LogP contribution in [0.5, 0.6) is 0 Å². The van der Waals surface area contributed by atoms with E-state index in [9.17, 15) is 0 Å². The molecule has 0 aliphatic heterocycles. The number of thiophene rings is 1. The van der Waals surface area contributed by atoms with Crippen molar-refractivity contribution in [3.63, 3.8) is 0 Å². The molecule has 0 aliphatic rings. The topological polar surface area (TPSA) is 61.9 Å². The minimum atomic E-state index is 0. The molecule has 8 heteroatoms. The fraction of sp³-hybridized carbons (Fsp3) is 0.0345. The number of aromatic nitrogens is 4. The maximum Gasteiger partial charge on any atom is 2.00 e. The van der Waals surface area contributed by atoms with Gasteiger partial charge in [0.15, 0.2) is 5.78 Å². The first-order valence-corrected chi connectivity index (χ1v) is 12.2. The summed E-state index contributed by atoms with van der Waals surface area (Å²) in [4.78, 5) is 8.32. The number of nitrogens with zero attached hydrogens (tertiary/aromatic N) is 4. The van der Waals surface area contributed by atoms with Crippen LogP contribution in [0.15, 0.2) is 100.0 Å². The molecule has 0 amide bonds. The van der Waals surface area contributed by atoms with Crippen LogP contribution in [0.3, 0.4) is 0 Å². The fourth-order valence-corrected chi connectivity index (χ4v) is 5.40. The molecule has 0 aliphatic carbocycles. The van der Waals surface area contributed by atoms with Crippen LogP contribution >= 0.6 is 11.3 Å². The number of furan rings is 2. The Morgan fingerprint density at radius 3 is 2.57 bits per heavy atom. The Labute approximate surface area is 230 Å². The molecule has 6 heterocycles. The van der Waals surface area contributed by atoms with Crippen molar-refractivity contribution in [1.29, 1.82) is 0 Å². The Bertz CT molecular complexity index is 1920. The van der Waals surface area contributed by atoms with Gasteiger partial charge in [0.05, 0.1) is 6.33 Å². The maximum absolute atomic E-state index is 5.99. The first kappa shape index (κ1) is 23.5.